The second kappa shape index (κ2) is 6.89. The van der Waals surface area contributed by atoms with E-state index in [0.717, 1.165) is 30.8 Å². The van der Waals surface area contributed by atoms with E-state index in [2.05, 4.69) is 24.3 Å². The number of aliphatic hydroxyl groups is 1. The fourth-order valence-corrected chi connectivity index (χ4v) is 2.39. The van der Waals surface area contributed by atoms with Crippen molar-refractivity contribution in [2.45, 2.75) is 25.0 Å². The van der Waals surface area contributed by atoms with Crippen molar-refractivity contribution < 1.29 is 9.84 Å². The van der Waals surface area contributed by atoms with Crippen LogP contribution in [0.4, 0.5) is 0 Å². The van der Waals surface area contributed by atoms with Gasteiger partial charge in [0.25, 0.3) is 0 Å². The molecule has 106 valence electrons. The molecule has 0 bridgehead atoms. The number of fused-ring (bicyclic) bond motifs is 1. The Labute approximate surface area is 115 Å². The minimum Gasteiger partial charge on any atom is -0.492 e. The van der Waals surface area contributed by atoms with Crippen LogP contribution < -0.4 is 10.1 Å². The molecule has 0 radical (unpaired) electrons. The van der Waals surface area contributed by atoms with Gasteiger partial charge >= 0.3 is 0 Å². The topological polar surface area (TPSA) is 44.7 Å². The molecule has 19 heavy (non-hydrogen) atoms. The van der Waals surface area contributed by atoms with Crippen LogP contribution in [0.1, 0.15) is 24.5 Å². The van der Waals surface area contributed by atoms with Crippen LogP contribution in [0.25, 0.3) is 0 Å². The lowest BCUT2D eigenvalue weighted by Gasteiger charge is -2.18. The maximum absolute atomic E-state index is 10.2. The number of hydrogen-bond donors (Lipinski definition) is 2. The third kappa shape index (κ3) is 4.20. The van der Waals surface area contributed by atoms with Crippen molar-refractivity contribution in [1.29, 1.82) is 0 Å². The van der Waals surface area contributed by atoms with Crippen molar-refractivity contribution in [3.05, 3.63) is 29.8 Å². The molecule has 2 atom stereocenters. The van der Waals surface area contributed by atoms with E-state index >= 15 is 0 Å². The molecule has 1 aliphatic rings. The molecule has 0 amide bonds. The molecule has 0 spiro atoms. The highest BCUT2D eigenvalue weighted by atomic mass is 16.5. The van der Waals surface area contributed by atoms with Gasteiger partial charge in [0.15, 0.2) is 0 Å². The zero-order chi connectivity index (χ0) is 13.7. The van der Waals surface area contributed by atoms with Crippen molar-refractivity contribution in [3.8, 4) is 5.75 Å². The molecule has 0 saturated carbocycles. The first kappa shape index (κ1) is 14.3. The molecule has 2 rings (SSSR count). The van der Waals surface area contributed by atoms with Crippen molar-refractivity contribution in [2.24, 2.45) is 0 Å². The van der Waals surface area contributed by atoms with Crippen molar-refractivity contribution in [3.63, 3.8) is 0 Å². The first-order valence-corrected chi connectivity index (χ1v) is 6.94. The maximum Gasteiger partial charge on any atom is 0.125 e. The Bertz CT molecular complexity index is 395. The fraction of sp³-hybridized carbons (Fsp3) is 0.600. The van der Waals surface area contributed by atoms with Gasteiger partial charge in [-0.3, -0.25) is 0 Å². The first-order valence-electron chi connectivity index (χ1n) is 6.94. The minimum absolute atomic E-state index is 0.213. The molecule has 1 aromatic rings. The zero-order valence-electron chi connectivity index (χ0n) is 11.8. The van der Waals surface area contributed by atoms with Crippen molar-refractivity contribution >= 4 is 0 Å². The standard InChI is InChI=1S/C15H24N2O2/c1-17(2)9-5-8-16-12-10-14(18)13-6-3-4-7-15(13)19-11-12/h3-4,6-7,12,14,16,18H,5,8-11H2,1-2H3. The van der Waals surface area contributed by atoms with Crippen molar-refractivity contribution in [2.75, 3.05) is 33.8 Å². The Morgan fingerprint density at radius 3 is 2.95 bits per heavy atom. The molecule has 2 unspecified atom stereocenters. The van der Waals surface area contributed by atoms with Gasteiger partial charge in [-0.15, -0.1) is 0 Å². The van der Waals surface area contributed by atoms with Gasteiger partial charge in [0.05, 0.1) is 6.10 Å². The summed E-state index contributed by atoms with van der Waals surface area (Å²) in [5.74, 6) is 0.813. The van der Waals surface area contributed by atoms with Gasteiger partial charge in [0.1, 0.15) is 12.4 Å². The van der Waals surface area contributed by atoms with Crippen LogP contribution in [0, 0.1) is 0 Å². The van der Waals surface area contributed by atoms with Crippen LogP contribution in [-0.2, 0) is 0 Å². The molecule has 0 fully saturated rings. The molecule has 2 N–H and O–H groups in total. The molecule has 1 aliphatic heterocycles. The van der Waals surface area contributed by atoms with Crippen LogP contribution in [0.15, 0.2) is 24.3 Å². The highest BCUT2D eigenvalue weighted by Gasteiger charge is 2.23. The van der Waals surface area contributed by atoms with Crippen LogP contribution in [0.2, 0.25) is 0 Å². The third-order valence-corrected chi connectivity index (χ3v) is 3.44. The van der Waals surface area contributed by atoms with E-state index in [-0.39, 0.29) is 6.04 Å². The number of ether oxygens (including phenoxy) is 1. The van der Waals surface area contributed by atoms with Gasteiger partial charge in [0, 0.05) is 11.6 Å². The number of nitrogens with one attached hydrogen (secondary N) is 1. The monoisotopic (exact) mass is 264 g/mol. The molecule has 0 aromatic heterocycles. The fourth-order valence-electron chi connectivity index (χ4n) is 2.39. The van der Waals surface area contributed by atoms with Gasteiger partial charge in [-0.2, -0.15) is 0 Å². The van der Waals surface area contributed by atoms with Gasteiger partial charge in [0.2, 0.25) is 0 Å². The summed E-state index contributed by atoms with van der Waals surface area (Å²) in [5, 5.41) is 13.7. The summed E-state index contributed by atoms with van der Waals surface area (Å²) in [4.78, 5) is 2.18. The van der Waals surface area contributed by atoms with E-state index in [1.54, 1.807) is 0 Å². The van der Waals surface area contributed by atoms with Gasteiger partial charge in [-0.1, -0.05) is 18.2 Å². The van der Waals surface area contributed by atoms with Gasteiger partial charge in [-0.25, -0.2) is 0 Å². The van der Waals surface area contributed by atoms with Gasteiger partial charge in [-0.05, 0) is 46.1 Å². The Hall–Kier alpha value is -1.10. The van der Waals surface area contributed by atoms with Crippen LogP contribution in [0.5, 0.6) is 5.75 Å². The summed E-state index contributed by atoms with van der Waals surface area (Å²) in [5.41, 5.74) is 0.903. The number of nitrogens with zero attached hydrogens (tertiary/aromatic N) is 1. The Morgan fingerprint density at radius 1 is 1.37 bits per heavy atom. The average Bonchev–Trinajstić information content (AvgIpc) is 2.55. The number of rotatable bonds is 5. The number of aliphatic hydroxyl groups excluding tert-OH is 1. The molecule has 1 aromatic carbocycles. The molecule has 0 saturated heterocycles. The highest BCUT2D eigenvalue weighted by molar-refractivity contribution is 5.35. The molecule has 4 nitrogen and oxygen atoms in total. The molecular formula is C15H24N2O2. The van der Waals surface area contributed by atoms with E-state index < -0.39 is 6.10 Å². The summed E-state index contributed by atoms with van der Waals surface area (Å²) in [7, 11) is 4.16. The second-order valence-electron chi connectivity index (χ2n) is 5.41. The largest absolute Gasteiger partial charge is 0.492 e. The lowest BCUT2D eigenvalue weighted by atomic mass is 10.0. The predicted octanol–water partition coefficient (Wildman–Crippen LogP) is 1.41. The zero-order valence-corrected chi connectivity index (χ0v) is 11.8. The van der Waals surface area contributed by atoms with E-state index in [1.807, 2.05) is 24.3 Å². The number of para-hydroxylation sites is 1. The van der Waals surface area contributed by atoms with Crippen LogP contribution in [0.3, 0.4) is 0 Å². The summed E-state index contributed by atoms with van der Waals surface area (Å²) < 4.78 is 5.78. The Balaban J connectivity index is 1.84. The van der Waals surface area contributed by atoms with Crippen molar-refractivity contribution in [1.82, 2.24) is 10.2 Å². The smallest absolute Gasteiger partial charge is 0.125 e. The predicted molar refractivity (Wildman–Crippen MR) is 76.5 cm³/mol. The summed E-state index contributed by atoms with van der Waals surface area (Å²) in [6.07, 6.45) is 1.37. The highest BCUT2D eigenvalue weighted by Crippen LogP contribution is 2.30. The maximum atomic E-state index is 10.2. The Kier molecular flexibility index (Phi) is 5.19. The average molecular weight is 264 g/mol. The molecular weight excluding hydrogens is 240 g/mol. The number of benzene rings is 1. The van der Waals surface area contributed by atoms with E-state index in [0.29, 0.717) is 13.0 Å². The summed E-state index contributed by atoms with van der Waals surface area (Å²) >= 11 is 0. The second-order valence-corrected chi connectivity index (χ2v) is 5.41. The first-order chi connectivity index (χ1) is 9.16. The Morgan fingerprint density at radius 2 is 2.16 bits per heavy atom. The van der Waals surface area contributed by atoms with E-state index in [4.69, 9.17) is 4.74 Å². The molecule has 0 aliphatic carbocycles. The number of hydrogen-bond acceptors (Lipinski definition) is 4. The minimum atomic E-state index is -0.440. The quantitative estimate of drug-likeness (QED) is 0.789. The lowest BCUT2D eigenvalue weighted by Crippen LogP contribution is -2.36. The molecule has 4 heteroatoms. The normalized spacial score (nSPS) is 22.7. The summed E-state index contributed by atoms with van der Waals surface area (Å²) in [6.45, 7) is 2.65. The summed E-state index contributed by atoms with van der Waals surface area (Å²) in [6, 6.07) is 7.96. The van der Waals surface area contributed by atoms with E-state index in [9.17, 15) is 5.11 Å². The van der Waals surface area contributed by atoms with E-state index in [1.165, 1.54) is 0 Å². The van der Waals surface area contributed by atoms with Gasteiger partial charge < -0.3 is 20.1 Å². The third-order valence-electron chi connectivity index (χ3n) is 3.44. The lowest BCUT2D eigenvalue weighted by molar-refractivity contribution is 0.151. The molecule has 1 heterocycles. The van der Waals surface area contributed by atoms with Crippen LogP contribution in [-0.4, -0.2) is 49.8 Å². The van der Waals surface area contributed by atoms with Crippen LogP contribution >= 0.6 is 0 Å². The SMILES string of the molecule is CN(C)CCCNC1COc2ccccc2C(O)C1.